The summed E-state index contributed by atoms with van der Waals surface area (Å²) in [6, 6.07) is 28.5. The third kappa shape index (κ3) is 7.04. The molecule has 0 aliphatic heterocycles. The van der Waals surface area contributed by atoms with Crippen molar-refractivity contribution in [3.05, 3.63) is 120 Å². The summed E-state index contributed by atoms with van der Waals surface area (Å²) in [5.74, 6) is 0.0421. The lowest BCUT2D eigenvalue weighted by molar-refractivity contribution is -0.111. The van der Waals surface area contributed by atoms with Gasteiger partial charge in [0, 0.05) is 22.5 Å². The van der Waals surface area contributed by atoms with Crippen LogP contribution in [0.5, 0.6) is 11.5 Å². The Morgan fingerprint density at radius 1 is 0.711 bits per heavy atom. The summed E-state index contributed by atoms with van der Waals surface area (Å²) >= 11 is 0. The Morgan fingerprint density at radius 3 is 1.89 bits per heavy atom. The van der Waals surface area contributed by atoms with Crippen LogP contribution in [0.25, 0.3) is 11.6 Å². The molecule has 4 rings (SSSR count). The standard InChI is InChI=1S/C30H24F2N2O4/c1-37-25-17-13-24(14-18-25)33-28(35)22-9-11-23(12-10-22)34-29(36)27(21-5-3-2-4-6-21)19-20-7-15-26(16-8-20)38-30(31)32/h2-19,30H,1H3,(H,33,35)(H,34,36). The van der Waals surface area contributed by atoms with Crippen molar-refractivity contribution in [2.24, 2.45) is 0 Å². The van der Waals surface area contributed by atoms with Gasteiger partial charge in [-0.15, -0.1) is 0 Å². The van der Waals surface area contributed by atoms with Crippen LogP contribution >= 0.6 is 0 Å². The van der Waals surface area contributed by atoms with Crippen molar-refractivity contribution in [1.82, 2.24) is 0 Å². The molecule has 6 nitrogen and oxygen atoms in total. The molecule has 2 N–H and O–H groups in total. The number of alkyl halides is 2. The minimum absolute atomic E-state index is 0.0268. The number of hydrogen-bond acceptors (Lipinski definition) is 4. The van der Waals surface area contributed by atoms with Crippen LogP contribution in [0, 0.1) is 0 Å². The summed E-state index contributed by atoms with van der Waals surface area (Å²) in [5.41, 5.74) is 3.22. The monoisotopic (exact) mass is 514 g/mol. The summed E-state index contributed by atoms with van der Waals surface area (Å²) < 4.78 is 34.4. The van der Waals surface area contributed by atoms with E-state index in [1.54, 1.807) is 86.0 Å². The zero-order chi connectivity index (χ0) is 26.9. The van der Waals surface area contributed by atoms with Crippen LogP contribution in [0.2, 0.25) is 0 Å². The van der Waals surface area contributed by atoms with E-state index in [0.717, 1.165) is 0 Å². The summed E-state index contributed by atoms with van der Waals surface area (Å²) in [7, 11) is 1.57. The van der Waals surface area contributed by atoms with Crippen molar-refractivity contribution < 1.29 is 27.8 Å². The topological polar surface area (TPSA) is 76.7 Å². The number of carbonyl (C=O) groups excluding carboxylic acids is 2. The maximum atomic E-state index is 13.2. The van der Waals surface area contributed by atoms with Crippen LogP contribution in [-0.4, -0.2) is 25.5 Å². The zero-order valence-corrected chi connectivity index (χ0v) is 20.4. The van der Waals surface area contributed by atoms with Gasteiger partial charge in [0.25, 0.3) is 11.8 Å². The highest BCUT2D eigenvalue weighted by molar-refractivity contribution is 6.29. The largest absolute Gasteiger partial charge is 0.497 e. The second-order valence-electron chi connectivity index (χ2n) is 8.09. The highest BCUT2D eigenvalue weighted by Gasteiger charge is 2.14. The van der Waals surface area contributed by atoms with E-state index in [4.69, 9.17) is 4.74 Å². The maximum Gasteiger partial charge on any atom is 0.387 e. The van der Waals surface area contributed by atoms with Crippen molar-refractivity contribution in [1.29, 1.82) is 0 Å². The third-order valence-electron chi connectivity index (χ3n) is 5.50. The average Bonchev–Trinajstić information content (AvgIpc) is 2.93. The Balaban J connectivity index is 1.48. The van der Waals surface area contributed by atoms with E-state index >= 15 is 0 Å². The predicted octanol–water partition coefficient (Wildman–Crippen LogP) is 6.73. The molecule has 0 heterocycles. The Labute approximate surface area is 218 Å². The van der Waals surface area contributed by atoms with Crippen molar-refractivity contribution >= 4 is 34.8 Å². The molecule has 0 unspecified atom stereocenters. The molecule has 0 saturated carbocycles. The number of nitrogens with one attached hydrogen (secondary N) is 2. The van der Waals surface area contributed by atoms with Gasteiger partial charge in [-0.3, -0.25) is 9.59 Å². The number of methoxy groups -OCH3 is 1. The van der Waals surface area contributed by atoms with E-state index in [0.29, 0.717) is 39.4 Å². The second-order valence-corrected chi connectivity index (χ2v) is 8.09. The van der Waals surface area contributed by atoms with E-state index in [2.05, 4.69) is 15.4 Å². The van der Waals surface area contributed by atoms with Gasteiger partial charge < -0.3 is 20.1 Å². The molecular formula is C30H24F2N2O4. The lowest BCUT2D eigenvalue weighted by atomic mass is 10.0. The molecule has 4 aromatic rings. The van der Waals surface area contributed by atoms with Gasteiger partial charge in [0.05, 0.1) is 7.11 Å². The van der Waals surface area contributed by atoms with Crippen molar-refractivity contribution in [2.75, 3.05) is 17.7 Å². The predicted molar refractivity (Wildman–Crippen MR) is 143 cm³/mol. The van der Waals surface area contributed by atoms with E-state index < -0.39 is 6.61 Å². The summed E-state index contributed by atoms with van der Waals surface area (Å²) in [6.07, 6.45) is 1.66. The second kappa shape index (κ2) is 12.3. The minimum atomic E-state index is -2.91. The molecular weight excluding hydrogens is 490 g/mol. The first-order valence-corrected chi connectivity index (χ1v) is 11.6. The molecule has 0 spiro atoms. The van der Waals surface area contributed by atoms with Gasteiger partial charge >= 0.3 is 6.61 Å². The van der Waals surface area contributed by atoms with Gasteiger partial charge in [0.15, 0.2) is 0 Å². The molecule has 0 atom stereocenters. The van der Waals surface area contributed by atoms with Crippen LogP contribution < -0.4 is 20.1 Å². The molecule has 192 valence electrons. The Bertz CT molecular complexity index is 1400. The summed E-state index contributed by atoms with van der Waals surface area (Å²) in [6.45, 7) is -2.91. The quantitative estimate of drug-likeness (QED) is 0.192. The number of halogens is 2. The zero-order valence-electron chi connectivity index (χ0n) is 20.4. The lowest BCUT2D eigenvalue weighted by Crippen LogP contribution is -2.15. The third-order valence-corrected chi connectivity index (χ3v) is 5.50. The van der Waals surface area contributed by atoms with E-state index in [1.165, 1.54) is 12.1 Å². The molecule has 38 heavy (non-hydrogen) atoms. The first kappa shape index (κ1) is 26.1. The number of hydrogen-bond donors (Lipinski definition) is 2. The van der Waals surface area contributed by atoms with Crippen LogP contribution in [-0.2, 0) is 4.79 Å². The van der Waals surface area contributed by atoms with E-state index in [1.807, 2.05) is 18.2 Å². The minimum Gasteiger partial charge on any atom is -0.497 e. The molecule has 4 aromatic carbocycles. The fourth-order valence-electron chi connectivity index (χ4n) is 3.59. The van der Waals surface area contributed by atoms with E-state index in [-0.39, 0.29) is 17.6 Å². The number of anilines is 2. The Hall–Kier alpha value is -4.98. The van der Waals surface area contributed by atoms with Gasteiger partial charge in [0.2, 0.25) is 0 Å². The normalized spacial score (nSPS) is 11.1. The molecule has 8 heteroatoms. The smallest absolute Gasteiger partial charge is 0.387 e. The fourth-order valence-corrected chi connectivity index (χ4v) is 3.59. The molecule has 2 amide bonds. The molecule has 0 radical (unpaired) electrons. The van der Waals surface area contributed by atoms with Crippen molar-refractivity contribution in [2.45, 2.75) is 6.61 Å². The molecule has 0 saturated heterocycles. The molecule has 0 aromatic heterocycles. The SMILES string of the molecule is COc1ccc(NC(=O)c2ccc(NC(=O)C(=Cc3ccc(OC(F)F)cc3)c3ccccc3)cc2)cc1. The first-order valence-electron chi connectivity index (χ1n) is 11.6. The van der Waals surface area contributed by atoms with Crippen LogP contribution in [0.15, 0.2) is 103 Å². The van der Waals surface area contributed by atoms with Gasteiger partial charge in [-0.1, -0.05) is 42.5 Å². The fraction of sp³-hybridized carbons (Fsp3) is 0.0667. The molecule has 0 bridgehead atoms. The van der Waals surface area contributed by atoms with Crippen LogP contribution in [0.1, 0.15) is 21.5 Å². The Morgan fingerprint density at radius 2 is 1.29 bits per heavy atom. The van der Waals surface area contributed by atoms with Crippen molar-refractivity contribution in [3.63, 3.8) is 0 Å². The highest BCUT2D eigenvalue weighted by atomic mass is 19.3. The lowest BCUT2D eigenvalue weighted by Gasteiger charge is -2.11. The molecule has 0 aliphatic rings. The van der Waals surface area contributed by atoms with E-state index in [9.17, 15) is 18.4 Å². The van der Waals surface area contributed by atoms with Crippen LogP contribution in [0.3, 0.4) is 0 Å². The Kier molecular flexibility index (Phi) is 8.46. The van der Waals surface area contributed by atoms with Crippen molar-refractivity contribution in [3.8, 4) is 11.5 Å². The average molecular weight is 515 g/mol. The molecule has 0 aliphatic carbocycles. The number of rotatable bonds is 9. The number of carbonyl (C=O) groups is 2. The van der Waals surface area contributed by atoms with Gasteiger partial charge in [-0.2, -0.15) is 8.78 Å². The number of benzene rings is 4. The highest BCUT2D eigenvalue weighted by Crippen LogP contribution is 2.23. The van der Waals surface area contributed by atoms with Gasteiger partial charge in [-0.05, 0) is 77.9 Å². The number of amides is 2. The maximum absolute atomic E-state index is 13.2. The van der Waals surface area contributed by atoms with Crippen LogP contribution in [0.4, 0.5) is 20.2 Å². The first-order chi connectivity index (χ1) is 18.4. The number of ether oxygens (including phenoxy) is 2. The summed E-state index contributed by atoms with van der Waals surface area (Å²) in [5, 5.41) is 5.66. The van der Waals surface area contributed by atoms with Gasteiger partial charge in [-0.25, -0.2) is 0 Å². The van der Waals surface area contributed by atoms with Gasteiger partial charge in [0.1, 0.15) is 11.5 Å². The molecule has 0 fully saturated rings. The summed E-state index contributed by atoms with van der Waals surface area (Å²) in [4.78, 5) is 25.8.